The van der Waals surface area contributed by atoms with Crippen LogP contribution in [0.2, 0.25) is 0 Å². The van der Waals surface area contributed by atoms with Crippen molar-refractivity contribution in [2.75, 3.05) is 12.4 Å². The number of imidazole rings is 1. The van der Waals surface area contributed by atoms with Crippen molar-refractivity contribution in [3.8, 4) is 11.6 Å². The highest BCUT2D eigenvalue weighted by Gasteiger charge is 2.13. The molecule has 7 heteroatoms. The lowest BCUT2D eigenvalue weighted by atomic mass is 10.3. The Labute approximate surface area is 150 Å². The van der Waals surface area contributed by atoms with Gasteiger partial charge in [-0.15, -0.1) is 5.10 Å². The maximum atomic E-state index is 5.17. The molecule has 0 fully saturated rings. The van der Waals surface area contributed by atoms with Gasteiger partial charge in [0, 0.05) is 12.1 Å². The predicted molar refractivity (Wildman–Crippen MR) is 100 cm³/mol. The van der Waals surface area contributed by atoms with Gasteiger partial charge in [-0.2, -0.15) is 10.1 Å². The fourth-order valence-corrected chi connectivity index (χ4v) is 2.83. The van der Waals surface area contributed by atoms with E-state index in [1.54, 1.807) is 13.3 Å². The van der Waals surface area contributed by atoms with Crippen LogP contribution in [0.5, 0.6) is 5.75 Å². The van der Waals surface area contributed by atoms with Crippen molar-refractivity contribution in [1.82, 2.24) is 24.7 Å². The monoisotopic (exact) mass is 346 g/mol. The Morgan fingerprint density at radius 2 is 1.85 bits per heavy atom. The average molecular weight is 346 g/mol. The molecular formula is C19H18N6O. The minimum absolute atomic E-state index is 0.424. The average Bonchev–Trinajstić information content (AvgIpc) is 3.07. The van der Waals surface area contributed by atoms with Gasteiger partial charge in [-0.05, 0) is 36.4 Å². The van der Waals surface area contributed by atoms with Crippen LogP contribution in [0.1, 0.15) is 12.7 Å². The van der Waals surface area contributed by atoms with Gasteiger partial charge >= 0.3 is 0 Å². The van der Waals surface area contributed by atoms with Gasteiger partial charge in [-0.1, -0.05) is 19.1 Å². The van der Waals surface area contributed by atoms with E-state index in [4.69, 9.17) is 4.74 Å². The highest BCUT2D eigenvalue weighted by atomic mass is 16.5. The van der Waals surface area contributed by atoms with Crippen LogP contribution in [0.25, 0.3) is 16.9 Å². The maximum absolute atomic E-state index is 5.17. The lowest BCUT2D eigenvalue weighted by Crippen LogP contribution is -2.07. The molecule has 2 aromatic carbocycles. The zero-order valence-electron chi connectivity index (χ0n) is 14.5. The standard InChI is InChI=1S/C19H18N6O/c1-3-17-22-15-6-4-5-7-16(15)25(17)18-12-20-24-19(23-18)21-13-8-10-14(26-2)11-9-13/h4-12H,3H2,1-2H3,(H,21,23,24). The topological polar surface area (TPSA) is 77.8 Å². The third kappa shape index (κ3) is 2.95. The molecule has 7 nitrogen and oxygen atoms in total. The minimum Gasteiger partial charge on any atom is -0.497 e. The van der Waals surface area contributed by atoms with E-state index in [0.717, 1.165) is 34.7 Å². The zero-order valence-corrected chi connectivity index (χ0v) is 14.5. The van der Waals surface area contributed by atoms with E-state index in [2.05, 4.69) is 32.4 Å². The molecule has 0 aliphatic heterocycles. The first-order valence-electron chi connectivity index (χ1n) is 8.36. The zero-order chi connectivity index (χ0) is 17.9. The lowest BCUT2D eigenvalue weighted by molar-refractivity contribution is 0.415. The number of aromatic nitrogens is 5. The van der Waals surface area contributed by atoms with E-state index in [9.17, 15) is 0 Å². The van der Waals surface area contributed by atoms with Gasteiger partial charge < -0.3 is 10.1 Å². The van der Waals surface area contributed by atoms with Gasteiger partial charge in [0.2, 0.25) is 5.95 Å². The summed E-state index contributed by atoms with van der Waals surface area (Å²) in [4.78, 5) is 9.30. The normalized spacial score (nSPS) is 10.8. The summed E-state index contributed by atoms with van der Waals surface area (Å²) in [6.45, 7) is 2.07. The molecule has 0 amide bonds. The van der Waals surface area contributed by atoms with Crippen LogP contribution in [0.4, 0.5) is 11.6 Å². The Hall–Kier alpha value is -3.48. The molecular weight excluding hydrogens is 328 g/mol. The van der Waals surface area contributed by atoms with Crippen LogP contribution >= 0.6 is 0 Å². The molecule has 0 saturated carbocycles. The van der Waals surface area contributed by atoms with Crippen molar-refractivity contribution >= 4 is 22.7 Å². The fraction of sp³-hybridized carbons (Fsp3) is 0.158. The Morgan fingerprint density at radius 3 is 2.62 bits per heavy atom. The third-order valence-corrected chi connectivity index (χ3v) is 4.07. The highest BCUT2D eigenvalue weighted by molar-refractivity contribution is 5.77. The van der Waals surface area contributed by atoms with Gasteiger partial charge in [0.25, 0.3) is 0 Å². The number of nitrogens with zero attached hydrogens (tertiary/aromatic N) is 5. The molecule has 4 rings (SSSR count). The molecule has 130 valence electrons. The summed E-state index contributed by atoms with van der Waals surface area (Å²) in [5, 5.41) is 11.4. The third-order valence-electron chi connectivity index (χ3n) is 4.07. The first-order valence-corrected chi connectivity index (χ1v) is 8.36. The van der Waals surface area contributed by atoms with Crippen molar-refractivity contribution < 1.29 is 4.74 Å². The second kappa shape index (κ2) is 6.79. The number of hydrogen-bond donors (Lipinski definition) is 1. The number of benzene rings is 2. The van der Waals surface area contributed by atoms with Crippen molar-refractivity contribution in [3.05, 3.63) is 60.6 Å². The number of rotatable bonds is 5. The molecule has 2 heterocycles. The van der Waals surface area contributed by atoms with Gasteiger partial charge in [0.1, 0.15) is 11.6 Å². The van der Waals surface area contributed by atoms with Crippen LogP contribution in [0, 0.1) is 0 Å². The quantitative estimate of drug-likeness (QED) is 0.596. The molecule has 0 bridgehead atoms. The van der Waals surface area contributed by atoms with Gasteiger partial charge in [-0.3, -0.25) is 4.57 Å². The van der Waals surface area contributed by atoms with E-state index in [0.29, 0.717) is 11.8 Å². The maximum Gasteiger partial charge on any atom is 0.249 e. The van der Waals surface area contributed by atoms with Crippen LogP contribution in [0.3, 0.4) is 0 Å². The van der Waals surface area contributed by atoms with E-state index in [1.165, 1.54) is 0 Å². The highest BCUT2D eigenvalue weighted by Crippen LogP contribution is 2.22. The Morgan fingerprint density at radius 1 is 1.04 bits per heavy atom. The van der Waals surface area contributed by atoms with Gasteiger partial charge in [0.15, 0.2) is 5.82 Å². The van der Waals surface area contributed by atoms with E-state index >= 15 is 0 Å². The van der Waals surface area contributed by atoms with Crippen molar-refractivity contribution in [1.29, 1.82) is 0 Å². The Kier molecular flexibility index (Phi) is 4.18. The molecule has 0 saturated heterocycles. The number of aryl methyl sites for hydroxylation is 1. The molecule has 0 spiro atoms. The summed E-state index contributed by atoms with van der Waals surface area (Å²) in [7, 11) is 1.64. The Bertz CT molecular complexity index is 1040. The van der Waals surface area contributed by atoms with E-state index in [1.807, 2.05) is 53.1 Å². The summed E-state index contributed by atoms with van der Waals surface area (Å²) in [6.07, 6.45) is 2.44. The summed E-state index contributed by atoms with van der Waals surface area (Å²) in [5.41, 5.74) is 2.80. The number of ether oxygens (including phenoxy) is 1. The molecule has 1 N–H and O–H groups in total. The number of hydrogen-bond acceptors (Lipinski definition) is 6. The molecule has 2 aromatic heterocycles. The molecule has 0 radical (unpaired) electrons. The number of para-hydroxylation sites is 2. The molecule has 0 atom stereocenters. The van der Waals surface area contributed by atoms with Gasteiger partial charge in [0.05, 0.1) is 24.3 Å². The second-order valence-corrected chi connectivity index (χ2v) is 5.70. The molecule has 0 unspecified atom stereocenters. The van der Waals surface area contributed by atoms with Crippen LogP contribution < -0.4 is 10.1 Å². The largest absolute Gasteiger partial charge is 0.497 e. The summed E-state index contributed by atoms with van der Waals surface area (Å²) in [6, 6.07) is 15.5. The fourth-order valence-electron chi connectivity index (χ4n) is 2.83. The molecule has 26 heavy (non-hydrogen) atoms. The number of anilines is 2. The smallest absolute Gasteiger partial charge is 0.249 e. The second-order valence-electron chi connectivity index (χ2n) is 5.70. The summed E-state index contributed by atoms with van der Waals surface area (Å²) in [5.74, 6) is 2.83. The lowest BCUT2D eigenvalue weighted by Gasteiger charge is -2.09. The van der Waals surface area contributed by atoms with Crippen molar-refractivity contribution in [3.63, 3.8) is 0 Å². The summed E-state index contributed by atoms with van der Waals surface area (Å²) >= 11 is 0. The molecule has 0 aliphatic rings. The first-order chi connectivity index (χ1) is 12.8. The number of methoxy groups -OCH3 is 1. The van der Waals surface area contributed by atoms with Crippen molar-refractivity contribution in [2.24, 2.45) is 0 Å². The molecule has 0 aliphatic carbocycles. The number of fused-ring (bicyclic) bond motifs is 1. The van der Waals surface area contributed by atoms with Gasteiger partial charge in [-0.25, -0.2) is 4.98 Å². The SMILES string of the molecule is CCc1nc2ccccc2n1-c1cnnc(Nc2ccc(OC)cc2)n1. The predicted octanol–water partition coefficient (Wildman–Crippen LogP) is 3.53. The van der Waals surface area contributed by atoms with Crippen molar-refractivity contribution in [2.45, 2.75) is 13.3 Å². The van der Waals surface area contributed by atoms with E-state index in [-0.39, 0.29) is 0 Å². The first kappa shape index (κ1) is 16.0. The van der Waals surface area contributed by atoms with Crippen LogP contribution in [-0.2, 0) is 6.42 Å². The minimum atomic E-state index is 0.424. The van der Waals surface area contributed by atoms with Crippen LogP contribution in [-0.4, -0.2) is 31.8 Å². The summed E-state index contributed by atoms with van der Waals surface area (Å²) < 4.78 is 7.19. The van der Waals surface area contributed by atoms with E-state index < -0.39 is 0 Å². The Balaban J connectivity index is 1.72. The molecule has 4 aromatic rings. The van der Waals surface area contributed by atoms with Crippen LogP contribution in [0.15, 0.2) is 54.7 Å². The number of nitrogens with one attached hydrogen (secondary N) is 1.